The molecule has 1 N–H and O–H groups in total. The number of aliphatic hydroxyl groups is 1. The van der Waals surface area contributed by atoms with E-state index in [0.717, 1.165) is 96.3 Å². The van der Waals surface area contributed by atoms with Crippen LogP contribution in [0.3, 0.4) is 0 Å². The van der Waals surface area contributed by atoms with Gasteiger partial charge in [0.05, 0.1) is 11.7 Å². The van der Waals surface area contributed by atoms with E-state index in [1.165, 1.54) is 25.0 Å². The topological polar surface area (TPSA) is 33.1 Å². The molecule has 3 aromatic rings. The molecule has 6 rings (SSSR count). The van der Waals surface area contributed by atoms with Crippen LogP contribution in [-0.2, 0) is 19.0 Å². The van der Waals surface area contributed by atoms with Gasteiger partial charge in [0.1, 0.15) is 5.82 Å². The van der Waals surface area contributed by atoms with E-state index < -0.39 is 17.8 Å². The Morgan fingerprint density at radius 2 is 1.55 bits per heavy atom. The number of aromatic nitrogens is 1. The number of alkyl halides is 3. The number of halogens is 4. The SMILES string of the molecule is OC1CC2(CCCC2)Cc2nc(C3CCCC3)c(Cc3ccc(C(F)(F)F)cc3)c(-c3ccc(F)cc3)c21. The summed E-state index contributed by atoms with van der Waals surface area (Å²) in [5.41, 5.74) is 5.68. The van der Waals surface area contributed by atoms with Crippen LogP contribution < -0.4 is 0 Å². The highest BCUT2D eigenvalue weighted by atomic mass is 19.4. The van der Waals surface area contributed by atoms with Gasteiger partial charge in [-0.2, -0.15) is 13.2 Å². The molecule has 200 valence electrons. The van der Waals surface area contributed by atoms with E-state index in [0.29, 0.717) is 12.8 Å². The summed E-state index contributed by atoms with van der Waals surface area (Å²) >= 11 is 0. The lowest BCUT2D eigenvalue weighted by molar-refractivity contribution is -0.137. The molecule has 1 unspecified atom stereocenters. The van der Waals surface area contributed by atoms with Crippen molar-refractivity contribution in [2.75, 3.05) is 0 Å². The molecule has 6 heteroatoms. The smallest absolute Gasteiger partial charge is 0.388 e. The maximum absolute atomic E-state index is 14.0. The highest BCUT2D eigenvalue weighted by Crippen LogP contribution is 2.54. The van der Waals surface area contributed by atoms with Gasteiger partial charge in [0, 0.05) is 22.9 Å². The quantitative estimate of drug-likeness (QED) is 0.347. The van der Waals surface area contributed by atoms with Gasteiger partial charge in [-0.3, -0.25) is 4.98 Å². The molecule has 1 spiro atoms. The van der Waals surface area contributed by atoms with Crippen LogP contribution in [0.15, 0.2) is 48.5 Å². The van der Waals surface area contributed by atoms with Gasteiger partial charge in [0.25, 0.3) is 0 Å². The fraction of sp³-hybridized carbons (Fsp3) is 0.469. The molecule has 0 amide bonds. The van der Waals surface area contributed by atoms with Gasteiger partial charge in [-0.15, -0.1) is 0 Å². The second kappa shape index (κ2) is 9.78. The molecule has 38 heavy (non-hydrogen) atoms. The highest BCUT2D eigenvalue weighted by molar-refractivity contribution is 5.74. The van der Waals surface area contributed by atoms with E-state index in [2.05, 4.69) is 0 Å². The van der Waals surface area contributed by atoms with E-state index >= 15 is 0 Å². The minimum absolute atomic E-state index is 0.0847. The van der Waals surface area contributed by atoms with Gasteiger partial charge in [-0.1, -0.05) is 49.9 Å². The van der Waals surface area contributed by atoms with Gasteiger partial charge in [0.2, 0.25) is 0 Å². The summed E-state index contributed by atoms with van der Waals surface area (Å²) < 4.78 is 53.6. The molecule has 0 saturated heterocycles. The van der Waals surface area contributed by atoms with Crippen molar-refractivity contribution in [2.24, 2.45) is 5.41 Å². The molecule has 0 radical (unpaired) electrons. The Labute approximate surface area is 221 Å². The largest absolute Gasteiger partial charge is 0.416 e. The first-order valence-electron chi connectivity index (χ1n) is 13.9. The summed E-state index contributed by atoms with van der Waals surface area (Å²) in [4.78, 5) is 5.31. The number of nitrogens with zero attached hydrogens (tertiary/aromatic N) is 1. The van der Waals surface area contributed by atoms with Crippen LogP contribution in [0.1, 0.15) is 103 Å². The van der Waals surface area contributed by atoms with Crippen molar-refractivity contribution in [3.05, 3.63) is 88.0 Å². The van der Waals surface area contributed by atoms with Crippen molar-refractivity contribution in [1.29, 1.82) is 0 Å². The molecular weight excluding hydrogens is 490 g/mol. The van der Waals surface area contributed by atoms with Crippen LogP contribution in [0.2, 0.25) is 0 Å². The predicted molar refractivity (Wildman–Crippen MR) is 139 cm³/mol. The average Bonchev–Trinajstić information content (AvgIpc) is 3.57. The number of hydrogen-bond acceptors (Lipinski definition) is 2. The second-order valence-electron chi connectivity index (χ2n) is 11.7. The van der Waals surface area contributed by atoms with Gasteiger partial charge in [-0.25, -0.2) is 4.39 Å². The maximum Gasteiger partial charge on any atom is 0.416 e. The van der Waals surface area contributed by atoms with Crippen LogP contribution in [0.25, 0.3) is 11.1 Å². The molecule has 2 aromatic carbocycles. The van der Waals surface area contributed by atoms with Gasteiger partial charge >= 0.3 is 6.18 Å². The van der Waals surface area contributed by atoms with Crippen LogP contribution >= 0.6 is 0 Å². The van der Waals surface area contributed by atoms with Crippen LogP contribution in [0.4, 0.5) is 17.6 Å². The molecule has 3 aliphatic rings. The molecule has 2 nitrogen and oxygen atoms in total. The van der Waals surface area contributed by atoms with Crippen molar-refractivity contribution >= 4 is 0 Å². The molecule has 2 fully saturated rings. The molecule has 1 atom stereocenters. The Bertz CT molecular complexity index is 1300. The molecule has 0 aliphatic heterocycles. The van der Waals surface area contributed by atoms with Gasteiger partial charge in [0.15, 0.2) is 0 Å². The van der Waals surface area contributed by atoms with Crippen LogP contribution in [0.5, 0.6) is 0 Å². The third-order valence-electron chi connectivity index (χ3n) is 9.15. The molecule has 1 aromatic heterocycles. The van der Waals surface area contributed by atoms with E-state index in [1.54, 1.807) is 24.3 Å². The zero-order chi connectivity index (χ0) is 26.5. The Morgan fingerprint density at radius 3 is 2.18 bits per heavy atom. The Hall–Kier alpha value is -2.73. The van der Waals surface area contributed by atoms with Crippen molar-refractivity contribution in [2.45, 2.75) is 88.8 Å². The highest BCUT2D eigenvalue weighted by Gasteiger charge is 2.43. The lowest BCUT2D eigenvalue weighted by atomic mass is 9.68. The lowest BCUT2D eigenvalue weighted by Gasteiger charge is -2.39. The van der Waals surface area contributed by atoms with Crippen molar-refractivity contribution in [1.82, 2.24) is 4.98 Å². The number of pyridine rings is 1. The first-order valence-corrected chi connectivity index (χ1v) is 13.9. The number of benzene rings is 2. The minimum atomic E-state index is -4.39. The standard InChI is InChI=1S/C32H33F4NO/c33-24-13-9-21(10-14-24)28-25(17-20-7-11-23(12-8-20)32(34,35)36)30(22-5-1-2-6-22)37-26-18-31(15-3-4-16-31)19-27(38)29(26)28/h7-14,22,27,38H,1-6,15-19H2. The van der Waals surface area contributed by atoms with Crippen molar-refractivity contribution in [3.8, 4) is 11.1 Å². The summed E-state index contributed by atoms with van der Waals surface area (Å²) in [5, 5.41) is 11.6. The van der Waals surface area contributed by atoms with Crippen molar-refractivity contribution in [3.63, 3.8) is 0 Å². The number of hydrogen-bond donors (Lipinski definition) is 1. The Kier molecular flexibility index (Phi) is 6.58. The molecule has 3 aliphatic carbocycles. The first-order chi connectivity index (χ1) is 18.2. The molecule has 0 bridgehead atoms. The van der Waals surface area contributed by atoms with Crippen LogP contribution in [-0.4, -0.2) is 10.1 Å². The van der Waals surface area contributed by atoms with E-state index in [9.17, 15) is 22.7 Å². The van der Waals surface area contributed by atoms with E-state index in [4.69, 9.17) is 4.98 Å². The van der Waals surface area contributed by atoms with Gasteiger partial charge in [-0.05, 0) is 96.9 Å². The molecule has 2 saturated carbocycles. The Morgan fingerprint density at radius 1 is 0.895 bits per heavy atom. The summed E-state index contributed by atoms with van der Waals surface area (Å²) in [6, 6.07) is 11.7. The fourth-order valence-corrected chi connectivity index (χ4v) is 7.33. The summed E-state index contributed by atoms with van der Waals surface area (Å²) in [6.45, 7) is 0. The molecule has 1 heterocycles. The maximum atomic E-state index is 14.0. The summed E-state index contributed by atoms with van der Waals surface area (Å²) in [6.07, 6.45) is 5.75. The van der Waals surface area contributed by atoms with Gasteiger partial charge < -0.3 is 5.11 Å². The van der Waals surface area contributed by atoms with E-state index in [-0.39, 0.29) is 17.2 Å². The average molecular weight is 524 g/mol. The first kappa shape index (κ1) is 25.5. The second-order valence-corrected chi connectivity index (χ2v) is 11.7. The third-order valence-corrected chi connectivity index (χ3v) is 9.15. The lowest BCUT2D eigenvalue weighted by Crippen LogP contribution is -2.31. The fourth-order valence-electron chi connectivity index (χ4n) is 7.33. The molecular formula is C32H33F4NO. The van der Waals surface area contributed by atoms with E-state index in [1.807, 2.05) is 0 Å². The number of rotatable bonds is 4. The Balaban J connectivity index is 1.54. The monoisotopic (exact) mass is 523 g/mol. The van der Waals surface area contributed by atoms with Crippen LogP contribution in [0, 0.1) is 11.2 Å². The van der Waals surface area contributed by atoms with Crippen molar-refractivity contribution < 1.29 is 22.7 Å². The normalized spacial score (nSPS) is 21.2. The zero-order valence-corrected chi connectivity index (χ0v) is 21.5. The number of aliphatic hydroxyl groups excluding tert-OH is 1. The third kappa shape index (κ3) is 4.76. The summed E-state index contributed by atoms with van der Waals surface area (Å²) in [7, 11) is 0. The number of fused-ring (bicyclic) bond motifs is 1. The summed E-state index contributed by atoms with van der Waals surface area (Å²) in [5.74, 6) is -0.0509. The minimum Gasteiger partial charge on any atom is -0.388 e. The zero-order valence-electron chi connectivity index (χ0n) is 21.5. The predicted octanol–water partition coefficient (Wildman–Crippen LogP) is 8.69.